The Bertz CT molecular complexity index is 245. The molecule has 0 N–H and O–H groups in total. The van der Waals surface area contributed by atoms with E-state index in [9.17, 15) is 0 Å². The van der Waals surface area contributed by atoms with Gasteiger partial charge in [0.05, 0.1) is 5.02 Å². The molecule has 1 heterocycles. The zero-order chi connectivity index (χ0) is 7.40. The van der Waals surface area contributed by atoms with E-state index >= 15 is 0 Å². The van der Waals surface area contributed by atoms with Crippen LogP contribution < -0.4 is 0 Å². The van der Waals surface area contributed by atoms with Gasteiger partial charge < -0.3 is 0 Å². The first kappa shape index (κ1) is 7.58. The summed E-state index contributed by atoms with van der Waals surface area (Å²) >= 11 is 11.0. The van der Waals surface area contributed by atoms with Crippen LogP contribution in [0.4, 0.5) is 0 Å². The highest BCUT2D eigenvalue weighted by atomic mass is 35.5. The Morgan fingerprint density at radius 2 is 2.20 bits per heavy atom. The van der Waals surface area contributed by atoms with Crippen LogP contribution in [0, 0.1) is 0 Å². The SMILES string of the molecule is Cl/C=C/c1cncc(Cl)c1. The van der Waals surface area contributed by atoms with Crippen LogP contribution in [0.15, 0.2) is 24.0 Å². The molecule has 0 saturated heterocycles. The third kappa shape index (κ3) is 2.01. The Morgan fingerprint density at radius 1 is 1.40 bits per heavy atom. The molecule has 0 atom stereocenters. The maximum Gasteiger partial charge on any atom is 0.0595 e. The summed E-state index contributed by atoms with van der Waals surface area (Å²) in [6.45, 7) is 0. The van der Waals surface area contributed by atoms with E-state index in [-0.39, 0.29) is 0 Å². The molecule has 0 fully saturated rings. The van der Waals surface area contributed by atoms with Gasteiger partial charge in [0.2, 0.25) is 0 Å². The predicted molar refractivity (Wildman–Crippen MR) is 44.1 cm³/mol. The van der Waals surface area contributed by atoms with Gasteiger partial charge in [-0.1, -0.05) is 23.2 Å². The Balaban J connectivity index is 2.95. The largest absolute Gasteiger partial charge is 0.263 e. The molecule has 0 aliphatic heterocycles. The first-order valence-corrected chi connectivity index (χ1v) is 3.51. The second-order valence-electron chi connectivity index (χ2n) is 1.73. The van der Waals surface area contributed by atoms with E-state index in [1.54, 1.807) is 24.5 Å². The zero-order valence-electron chi connectivity index (χ0n) is 5.09. The van der Waals surface area contributed by atoms with Crippen molar-refractivity contribution in [1.29, 1.82) is 0 Å². The minimum Gasteiger partial charge on any atom is -0.263 e. The monoisotopic (exact) mass is 173 g/mol. The van der Waals surface area contributed by atoms with Gasteiger partial charge in [0, 0.05) is 17.9 Å². The van der Waals surface area contributed by atoms with Crippen molar-refractivity contribution in [2.24, 2.45) is 0 Å². The molecule has 0 aromatic carbocycles. The summed E-state index contributed by atoms with van der Waals surface area (Å²) in [6, 6.07) is 1.79. The molecule has 10 heavy (non-hydrogen) atoms. The maximum absolute atomic E-state index is 5.64. The fourth-order valence-electron chi connectivity index (χ4n) is 0.592. The number of pyridine rings is 1. The fourth-order valence-corrected chi connectivity index (χ4v) is 0.920. The van der Waals surface area contributed by atoms with Crippen LogP contribution in [0.1, 0.15) is 5.56 Å². The van der Waals surface area contributed by atoms with E-state index in [0.717, 1.165) is 5.56 Å². The number of aromatic nitrogens is 1. The molecule has 0 radical (unpaired) electrons. The Kier molecular flexibility index (Phi) is 2.72. The summed E-state index contributed by atoms with van der Waals surface area (Å²) < 4.78 is 0. The minimum atomic E-state index is 0.618. The lowest BCUT2D eigenvalue weighted by molar-refractivity contribution is 1.32. The first-order valence-electron chi connectivity index (χ1n) is 2.70. The molecule has 1 nitrogen and oxygen atoms in total. The van der Waals surface area contributed by atoms with Crippen LogP contribution in [0.25, 0.3) is 6.08 Å². The van der Waals surface area contributed by atoms with E-state index in [2.05, 4.69) is 4.98 Å². The van der Waals surface area contributed by atoms with Gasteiger partial charge in [0.1, 0.15) is 0 Å². The molecule has 1 rings (SSSR count). The summed E-state index contributed by atoms with van der Waals surface area (Å²) in [6.07, 6.45) is 4.98. The number of hydrogen-bond donors (Lipinski definition) is 0. The van der Waals surface area contributed by atoms with Crippen molar-refractivity contribution in [3.63, 3.8) is 0 Å². The molecule has 52 valence electrons. The molecular formula is C7H5Cl2N. The van der Waals surface area contributed by atoms with Gasteiger partial charge in [0.25, 0.3) is 0 Å². The lowest BCUT2D eigenvalue weighted by Gasteiger charge is -1.90. The predicted octanol–water partition coefficient (Wildman–Crippen LogP) is 2.94. The number of halogens is 2. The van der Waals surface area contributed by atoms with Crippen molar-refractivity contribution in [1.82, 2.24) is 4.98 Å². The van der Waals surface area contributed by atoms with Crippen LogP contribution in [0.2, 0.25) is 5.02 Å². The molecule has 0 bridgehead atoms. The summed E-state index contributed by atoms with van der Waals surface area (Å²) in [7, 11) is 0. The van der Waals surface area contributed by atoms with Crippen molar-refractivity contribution in [3.05, 3.63) is 34.6 Å². The van der Waals surface area contributed by atoms with Crippen molar-refractivity contribution < 1.29 is 0 Å². The lowest BCUT2D eigenvalue weighted by atomic mass is 10.3. The molecule has 0 unspecified atom stereocenters. The zero-order valence-corrected chi connectivity index (χ0v) is 6.60. The third-order valence-electron chi connectivity index (χ3n) is 0.981. The molecule has 1 aromatic rings. The average Bonchev–Trinajstić information content (AvgIpc) is 1.88. The molecule has 0 amide bonds. The van der Waals surface area contributed by atoms with Gasteiger partial charge in [-0.2, -0.15) is 0 Å². The molecular weight excluding hydrogens is 169 g/mol. The van der Waals surface area contributed by atoms with Gasteiger partial charge in [0.15, 0.2) is 0 Å². The van der Waals surface area contributed by atoms with Crippen molar-refractivity contribution in [2.45, 2.75) is 0 Å². The number of nitrogens with zero attached hydrogens (tertiary/aromatic N) is 1. The maximum atomic E-state index is 5.64. The van der Waals surface area contributed by atoms with Crippen LogP contribution in [0.5, 0.6) is 0 Å². The van der Waals surface area contributed by atoms with Crippen molar-refractivity contribution in [3.8, 4) is 0 Å². The van der Waals surface area contributed by atoms with E-state index in [1.165, 1.54) is 5.54 Å². The van der Waals surface area contributed by atoms with Crippen molar-refractivity contribution in [2.75, 3.05) is 0 Å². The van der Waals surface area contributed by atoms with Gasteiger partial charge in [-0.05, 0) is 17.7 Å². The molecule has 0 saturated carbocycles. The topological polar surface area (TPSA) is 12.9 Å². The van der Waals surface area contributed by atoms with Crippen LogP contribution in [-0.2, 0) is 0 Å². The molecule has 0 aliphatic carbocycles. The summed E-state index contributed by atoms with van der Waals surface area (Å²) in [4.78, 5) is 3.86. The summed E-state index contributed by atoms with van der Waals surface area (Å²) in [5.41, 5.74) is 2.33. The standard InChI is InChI=1S/C7H5Cl2N/c8-2-1-6-3-7(9)5-10-4-6/h1-5H/b2-1+. The second kappa shape index (κ2) is 3.59. The quantitative estimate of drug-likeness (QED) is 0.637. The minimum absolute atomic E-state index is 0.618. The Morgan fingerprint density at radius 3 is 2.80 bits per heavy atom. The van der Waals surface area contributed by atoms with Gasteiger partial charge in [-0.25, -0.2) is 0 Å². The normalized spacial score (nSPS) is 10.6. The highest BCUT2D eigenvalue weighted by molar-refractivity contribution is 6.30. The fraction of sp³-hybridized carbons (Fsp3) is 0. The Labute approximate surface area is 69.3 Å². The van der Waals surface area contributed by atoms with Crippen LogP contribution >= 0.6 is 23.2 Å². The van der Waals surface area contributed by atoms with Crippen LogP contribution in [-0.4, -0.2) is 4.98 Å². The molecule has 0 spiro atoms. The third-order valence-corrected chi connectivity index (χ3v) is 1.31. The molecule has 0 aliphatic rings. The summed E-state index contributed by atoms with van der Waals surface area (Å²) in [5.74, 6) is 0. The van der Waals surface area contributed by atoms with Crippen LogP contribution in [0.3, 0.4) is 0 Å². The van der Waals surface area contributed by atoms with E-state index in [1.807, 2.05) is 0 Å². The molecule has 3 heteroatoms. The van der Waals surface area contributed by atoms with Gasteiger partial charge in [-0.3, -0.25) is 4.98 Å². The first-order chi connectivity index (χ1) is 4.83. The highest BCUT2D eigenvalue weighted by Gasteiger charge is 1.87. The Hall–Kier alpha value is -0.530. The summed E-state index contributed by atoms with van der Waals surface area (Å²) in [5, 5.41) is 0.618. The van der Waals surface area contributed by atoms with E-state index in [4.69, 9.17) is 23.2 Å². The smallest absolute Gasteiger partial charge is 0.0595 e. The van der Waals surface area contributed by atoms with Crippen molar-refractivity contribution >= 4 is 29.3 Å². The van der Waals surface area contributed by atoms with Gasteiger partial charge >= 0.3 is 0 Å². The van der Waals surface area contributed by atoms with E-state index in [0.29, 0.717) is 5.02 Å². The molecule has 1 aromatic heterocycles. The highest BCUT2D eigenvalue weighted by Crippen LogP contribution is 2.09. The van der Waals surface area contributed by atoms with Gasteiger partial charge in [-0.15, -0.1) is 0 Å². The number of hydrogen-bond acceptors (Lipinski definition) is 1. The second-order valence-corrected chi connectivity index (χ2v) is 2.42. The average molecular weight is 174 g/mol. The lowest BCUT2D eigenvalue weighted by Crippen LogP contribution is -1.74. The number of rotatable bonds is 1. The van der Waals surface area contributed by atoms with E-state index < -0.39 is 0 Å².